The van der Waals surface area contributed by atoms with Crippen molar-refractivity contribution in [2.45, 2.75) is 18.8 Å². The Bertz CT molecular complexity index is 734. The molecule has 0 spiro atoms. The molecule has 0 bridgehead atoms. The van der Waals surface area contributed by atoms with E-state index in [9.17, 15) is 14.4 Å². The molecular weight excluding hydrogens is 262 g/mol. The summed E-state index contributed by atoms with van der Waals surface area (Å²) in [6.45, 7) is 0. The molecular formula is C13H11N3O4. The molecule has 1 atom stereocenters. The lowest BCUT2D eigenvalue weighted by Crippen LogP contribution is -2.40. The number of nitrogens with zero attached hydrogens (tertiary/aromatic N) is 2. The summed E-state index contributed by atoms with van der Waals surface area (Å²) in [6.07, 6.45) is 3.77. The summed E-state index contributed by atoms with van der Waals surface area (Å²) >= 11 is 0. The first-order valence-corrected chi connectivity index (χ1v) is 6.11. The van der Waals surface area contributed by atoms with E-state index in [-0.39, 0.29) is 23.8 Å². The molecule has 3 heterocycles. The summed E-state index contributed by atoms with van der Waals surface area (Å²) in [5.74, 6) is -2.20. The Morgan fingerprint density at radius 2 is 2.20 bits per heavy atom. The minimum Gasteiger partial charge on any atom is -0.478 e. The maximum atomic E-state index is 11.9. The second-order valence-corrected chi connectivity index (χ2v) is 4.60. The van der Waals surface area contributed by atoms with E-state index >= 15 is 0 Å². The van der Waals surface area contributed by atoms with E-state index in [1.165, 1.54) is 12.3 Å². The van der Waals surface area contributed by atoms with Gasteiger partial charge < -0.3 is 9.51 Å². The van der Waals surface area contributed by atoms with E-state index in [0.717, 1.165) is 0 Å². The summed E-state index contributed by atoms with van der Waals surface area (Å²) in [5.41, 5.74) is 0.998. The van der Waals surface area contributed by atoms with E-state index in [4.69, 9.17) is 5.11 Å². The lowest BCUT2D eigenvalue weighted by molar-refractivity contribution is -0.134. The summed E-state index contributed by atoms with van der Waals surface area (Å²) in [5, 5.41) is 11.4. The number of hydrogen-bond acceptors (Lipinski definition) is 4. The number of aromatic carboxylic acids is 1. The van der Waals surface area contributed by atoms with E-state index in [1.54, 1.807) is 16.7 Å². The van der Waals surface area contributed by atoms with Crippen LogP contribution in [0.2, 0.25) is 0 Å². The number of fused-ring (bicyclic) bond motifs is 1. The number of carbonyl (C=O) groups is 3. The van der Waals surface area contributed by atoms with E-state index < -0.39 is 11.9 Å². The number of piperidine rings is 1. The number of carbonyl (C=O) groups excluding carboxylic acids is 2. The highest BCUT2D eigenvalue weighted by Crippen LogP contribution is 2.26. The molecule has 2 N–H and O–H groups in total. The van der Waals surface area contributed by atoms with Crippen molar-refractivity contribution in [2.75, 3.05) is 0 Å². The molecule has 1 aliphatic rings. The van der Waals surface area contributed by atoms with Crippen LogP contribution in [0, 0.1) is 0 Å². The van der Waals surface area contributed by atoms with Crippen molar-refractivity contribution >= 4 is 23.4 Å². The predicted molar refractivity (Wildman–Crippen MR) is 67.3 cm³/mol. The number of rotatable bonds is 2. The van der Waals surface area contributed by atoms with Crippen molar-refractivity contribution in [3.8, 4) is 0 Å². The van der Waals surface area contributed by atoms with Gasteiger partial charge in [0.15, 0.2) is 5.65 Å². The molecule has 3 rings (SSSR count). The SMILES string of the molecule is O=C1CCC(c2ccc(C(=O)O)c3nccn23)C(=O)N1. The van der Waals surface area contributed by atoms with Gasteiger partial charge in [0.25, 0.3) is 0 Å². The molecule has 1 fully saturated rings. The zero-order valence-corrected chi connectivity index (χ0v) is 10.4. The van der Waals surface area contributed by atoms with Gasteiger partial charge in [-0.25, -0.2) is 9.78 Å². The highest BCUT2D eigenvalue weighted by atomic mass is 16.4. The Balaban J connectivity index is 2.11. The number of aromatic nitrogens is 2. The van der Waals surface area contributed by atoms with Crippen LogP contribution in [0.15, 0.2) is 24.5 Å². The van der Waals surface area contributed by atoms with Gasteiger partial charge in [0.05, 0.1) is 5.92 Å². The van der Waals surface area contributed by atoms with Gasteiger partial charge in [0.2, 0.25) is 11.8 Å². The summed E-state index contributed by atoms with van der Waals surface area (Å²) < 4.78 is 1.59. The molecule has 1 aliphatic heterocycles. The number of imide groups is 1. The first-order chi connectivity index (χ1) is 9.58. The zero-order valence-electron chi connectivity index (χ0n) is 10.4. The number of hydrogen-bond donors (Lipinski definition) is 2. The third-order valence-electron chi connectivity index (χ3n) is 3.41. The maximum Gasteiger partial charge on any atom is 0.339 e. The van der Waals surface area contributed by atoms with Crippen LogP contribution in [-0.2, 0) is 9.59 Å². The van der Waals surface area contributed by atoms with Crippen molar-refractivity contribution < 1.29 is 19.5 Å². The van der Waals surface area contributed by atoms with Gasteiger partial charge in [-0.15, -0.1) is 0 Å². The van der Waals surface area contributed by atoms with Crippen LogP contribution in [-0.4, -0.2) is 32.3 Å². The average Bonchev–Trinajstić information content (AvgIpc) is 2.87. The van der Waals surface area contributed by atoms with Crippen LogP contribution < -0.4 is 5.32 Å². The fourth-order valence-electron chi connectivity index (χ4n) is 2.46. The van der Waals surface area contributed by atoms with Crippen LogP contribution >= 0.6 is 0 Å². The molecule has 0 aromatic carbocycles. The normalized spacial score (nSPS) is 19.1. The Hall–Kier alpha value is -2.70. The minimum atomic E-state index is -1.07. The highest BCUT2D eigenvalue weighted by Gasteiger charge is 2.30. The lowest BCUT2D eigenvalue weighted by Gasteiger charge is -2.22. The maximum absolute atomic E-state index is 11.9. The van der Waals surface area contributed by atoms with Crippen molar-refractivity contribution in [3.05, 3.63) is 35.8 Å². The van der Waals surface area contributed by atoms with Crippen molar-refractivity contribution in [1.82, 2.24) is 14.7 Å². The molecule has 20 heavy (non-hydrogen) atoms. The van der Waals surface area contributed by atoms with Gasteiger partial charge in [-0.05, 0) is 18.6 Å². The lowest BCUT2D eigenvalue weighted by atomic mass is 9.94. The number of imidazole rings is 1. The Morgan fingerprint density at radius 1 is 1.40 bits per heavy atom. The predicted octanol–water partition coefficient (Wildman–Crippen LogP) is 0.553. The summed E-state index contributed by atoms with van der Waals surface area (Å²) in [7, 11) is 0. The zero-order chi connectivity index (χ0) is 14.3. The topological polar surface area (TPSA) is 101 Å². The molecule has 2 aromatic heterocycles. The van der Waals surface area contributed by atoms with E-state index in [2.05, 4.69) is 10.3 Å². The molecule has 102 valence electrons. The van der Waals surface area contributed by atoms with Gasteiger partial charge in [0.1, 0.15) is 5.56 Å². The molecule has 0 aliphatic carbocycles. The second-order valence-electron chi connectivity index (χ2n) is 4.60. The van der Waals surface area contributed by atoms with Crippen LogP contribution in [0.5, 0.6) is 0 Å². The van der Waals surface area contributed by atoms with Gasteiger partial charge in [0, 0.05) is 24.5 Å². The Labute approximate surface area is 113 Å². The summed E-state index contributed by atoms with van der Waals surface area (Å²) in [6, 6.07) is 3.03. The highest BCUT2D eigenvalue weighted by molar-refractivity contribution is 6.01. The van der Waals surface area contributed by atoms with Crippen LogP contribution in [0.4, 0.5) is 0 Å². The van der Waals surface area contributed by atoms with Crippen molar-refractivity contribution in [1.29, 1.82) is 0 Å². The number of carboxylic acid groups (broad SMARTS) is 1. The number of pyridine rings is 1. The fraction of sp³-hybridized carbons (Fsp3) is 0.231. The van der Waals surface area contributed by atoms with Crippen molar-refractivity contribution in [2.24, 2.45) is 0 Å². The molecule has 2 amide bonds. The van der Waals surface area contributed by atoms with Gasteiger partial charge in [-0.1, -0.05) is 0 Å². The average molecular weight is 273 g/mol. The van der Waals surface area contributed by atoms with E-state index in [0.29, 0.717) is 17.8 Å². The molecule has 2 aromatic rings. The third kappa shape index (κ3) is 1.83. The first-order valence-electron chi connectivity index (χ1n) is 6.11. The van der Waals surface area contributed by atoms with Gasteiger partial charge in [-0.3, -0.25) is 14.9 Å². The monoisotopic (exact) mass is 273 g/mol. The minimum absolute atomic E-state index is 0.0750. The molecule has 0 radical (unpaired) electrons. The van der Waals surface area contributed by atoms with Crippen LogP contribution in [0.1, 0.15) is 34.8 Å². The fourth-order valence-corrected chi connectivity index (χ4v) is 2.46. The van der Waals surface area contributed by atoms with Gasteiger partial charge >= 0.3 is 5.97 Å². The largest absolute Gasteiger partial charge is 0.478 e. The van der Waals surface area contributed by atoms with Crippen LogP contribution in [0.25, 0.3) is 5.65 Å². The third-order valence-corrected chi connectivity index (χ3v) is 3.41. The number of carboxylic acids is 1. The standard InChI is InChI=1S/C13H11N3O4/c17-10-4-2-7(12(18)15-10)9-3-1-8(13(19)20)11-14-5-6-16(9)11/h1,3,5-7H,2,4H2,(H,19,20)(H,15,17,18). The Kier molecular flexibility index (Phi) is 2.74. The molecule has 7 heteroatoms. The number of nitrogens with one attached hydrogen (secondary N) is 1. The Morgan fingerprint density at radius 3 is 2.90 bits per heavy atom. The second kappa shape index (κ2) is 4.44. The van der Waals surface area contributed by atoms with Gasteiger partial charge in [-0.2, -0.15) is 0 Å². The smallest absolute Gasteiger partial charge is 0.339 e. The van der Waals surface area contributed by atoms with E-state index in [1.807, 2.05) is 0 Å². The first kappa shape index (κ1) is 12.3. The van der Waals surface area contributed by atoms with Crippen molar-refractivity contribution in [3.63, 3.8) is 0 Å². The molecule has 1 unspecified atom stereocenters. The molecule has 0 saturated carbocycles. The summed E-state index contributed by atoms with van der Waals surface area (Å²) in [4.78, 5) is 38.2. The van der Waals surface area contributed by atoms with Crippen LogP contribution in [0.3, 0.4) is 0 Å². The molecule has 7 nitrogen and oxygen atoms in total. The number of amides is 2. The molecule has 1 saturated heterocycles. The quantitative estimate of drug-likeness (QED) is 0.778.